The van der Waals surface area contributed by atoms with E-state index >= 15 is 0 Å². The number of carbonyl (C=O) groups excluding carboxylic acids is 1. The van der Waals surface area contributed by atoms with Crippen LogP contribution < -0.4 is 10.1 Å². The molecule has 2 N–H and O–H groups in total. The standard InChI is InChI=1S/C18H23F3N2O4/c1-2-23(11-17(25)26)14-9-13(10-14)22-16(24)8-7-12-5-3-4-6-15(12)27-18(19,20)21/h3-6,13-14H,2,7-11H2,1H3,(H,22,24)(H,25,26). The molecular formula is C18H23F3N2O4. The SMILES string of the molecule is CCN(CC(=O)O)C1CC(NC(=O)CCc2ccccc2OC(F)(F)F)C1. The number of halogens is 3. The first kappa shape index (κ1) is 21.0. The summed E-state index contributed by atoms with van der Waals surface area (Å²) in [6.45, 7) is 2.47. The minimum Gasteiger partial charge on any atom is -0.480 e. The molecule has 6 nitrogen and oxygen atoms in total. The van der Waals surface area contributed by atoms with E-state index in [1.807, 2.05) is 11.8 Å². The highest BCUT2D eigenvalue weighted by Crippen LogP contribution is 2.28. The molecule has 2 rings (SSSR count). The van der Waals surface area contributed by atoms with Gasteiger partial charge in [-0.05, 0) is 37.4 Å². The van der Waals surface area contributed by atoms with Gasteiger partial charge in [-0.2, -0.15) is 0 Å². The Bertz CT molecular complexity index is 660. The lowest BCUT2D eigenvalue weighted by Gasteiger charge is -2.42. The fourth-order valence-corrected chi connectivity index (χ4v) is 3.16. The zero-order valence-electron chi connectivity index (χ0n) is 15.0. The van der Waals surface area contributed by atoms with E-state index in [-0.39, 0.29) is 43.1 Å². The summed E-state index contributed by atoms with van der Waals surface area (Å²) in [7, 11) is 0. The van der Waals surface area contributed by atoms with Crippen molar-refractivity contribution in [2.75, 3.05) is 13.1 Å². The average Bonchev–Trinajstić information content (AvgIpc) is 2.53. The number of alkyl halides is 3. The molecule has 0 saturated heterocycles. The van der Waals surface area contributed by atoms with Crippen LogP contribution in [0, 0.1) is 0 Å². The molecule has 0 spiro atoms. The van der Waals surface area contributed by atoms with E-state index in [2.05, 4.69) is 10.1 Å². The summed E-state index contributed by atoms with van der Waals surface area (Å²) in [5.41, 5.74) is 0.315. The number of amides is 1. The van der Waals surface area contributed by atoms with Crippen LogP contribution in [0.15, 0.2) is 24.3 Å². The van der Waals surface area contributed by atoms with E-state index in [9.17, 15) is 22.8 Å². The van der Waals surface area contributed by atoms with Gasteiger partial charge in [0.25, 0.3) is 0 Å². The minimum atomic E-state index is -4.78. The summed E-state index contributed by atoms with van der Waals surface area (Å²) < 4.78 is 41.2. The molecule has 1 aromatic carbocycles. The number of nitrogens with one attached hydrogen (secondary N) is 1. The summed E-state index contributed by atoms with van der Waals surface area (Å²) in [6, 6.07) is 5.84. The van der Waals surface area contributed by atoms with Gasteiger partial charge in [-0.1, -0.05) is 25.1 Å². The molecule has 150 valence electrons. The van der Waals surface area contributed by atoms with Crippen LogP contribution in [0.4, 0.5) is 13.2 Å². The van der Waals surface area contributed by atoms with E-state index in [0.717, 1.165) is 0 Å². The van der Waals surface area contributed by atoms with E-state index in [1.165, 1.54) is 18.2 Å². The third kappa shape index (κ3) is 6.74. The van der Waals surface area contributed by atoms with Crippen molar-refractivity contribution in [1.82, 2.24) is 10.2 Å². The van der Waals surface area contributed by atoms with Crippen LogP contribution in [-0.4, -0.2) is 53.4 Å². The molecule has 27 heavy (non-hydrogen) atoms. The highest BCUT2D eigenvalue weighted by molar-refractivity contribution is 5.76. The van der Waals surface area contributed by atoms with Crippen molar-refractivity contribution < 1.29 is 32.6 Å². The van der Waals surface area contributed by atoms with Crippen molar-refractivity contribution in [3.8, 4) is 5.75 Å². The smallest absolute Gasteiger partial charge is 0.480 e. The lowest BCUT2D eigenvalue weighted by Crippen LogP contribution is -2.54. The second-order valence-corrected chi connectivity index (χ2v) is 6.50. The molecule has 0 aliphatic heterocycles. The summed E-state index contributed by atoms with van der Waals surface area (Å²) in [4.78, 5) is 24.7. The molecule has 1 saturated carbocycles. The average molecular weight is 388 g/mol. The highest BCUT2D eigenvalue weighted by atomic mass is 19.4. The van der Waals surface area contributed by atoms with Gasteiger partial charge in [0.05, 0.1) is 6.54 Å². The Morgan fingerprint density at radius 3 is 2.56 bits per heavy atom. The fraction of sp³-hybridized carbons (Fsp3) is 0.556. The van der Waals surface area contributed by atoms with Crippen molar-refractivity contribution in [1.29, 1.82) is 0 Å². The Labute approximate surface area is 155 Å². The quantitative estimate of drug-likeness (QED) is 0.680. The Hall–Kier alpha value is -2.29. The third-order valence-corrected chi connectivity index (χ3v) is 4.56. The molecule has 0 aromatic heterocycles. The number of carbonyl (C=O) groups is 2. The lowest BCUT2D eigenvalue weighted by atomic mass is 9.85. The van der Waals surface area contributed by atoms with Gasteiger partial charge in [-0.25, -0.2) is 0 Å². The monoisotopic (exact) mass is 388 g/mol. The van der Waals surface area contributed by atoms with Crippen molar-refractivity contribution in [2.45, 2.75) is 51.1 Å². The number of benzene rings is 1. The van der Waals surface area contributed by atoms with Gasteiger partial charge in [0, 0.05) is 18.5 Å². The molecule has 1 aliphatic carbocycles. The zero-order chi connectivity index (χ0) is 20.0. The normalized spacial score (nSPS) is 19.4. The molecule has 1 aromatic rings. The van der Waals surface area contributed by atoms with Crippen LogP contribution in [0.3, 0.4) is 0 Å². The summed E-state index contributed by atoms with van der Waals surface area (Å²) >= 11 is 0. The zero-order valence-corrected chi connectivity index (χ0v) is 15.0. The Morgan fingerprint density at radius 1 is 1.30 bits per heavy atom. The summed E-state index contributed by atoms with van der Waals surface area (Å²) in [5, 5.41) is 11.7. The third-order valence-electron chi connectivity index (χ3n) is 4.56. The van der Waals surface area contributed by atoms with E-state index < -0.39 is 12.3 Å². The van der Waals surface area contributed by atoms with E-state index in [0.29, 0.717) is 24.9 Å². The van der Waals surface area contributed by atoms with Crippen LogP contribution in [-0.2, 0) is 16.0 Å². The predicted octanol–water partition coefficient (Wildman–Crippen LogP) is 2.57. The Kier molecular flexibility index (Phi) is 7.06. The highest BCUT2D eigenvalue weighted by Gasteiger charge is 2.35. The van der Waals surface area contributed by atoms with Gasteiger partial charge in [-0.3, -0.25) is 14.5 Å². The molecule has 1 aliphatic rings. The fourth-order valence-electron chi connectivity index (χ4n) is 3.16. The van der Waals surface area contributed by atoms with Crippen LogP contribution in [0.25, 0.3) is 0 Å². The van der Waals surface area contributed by atoms with Gasteiger partial charge < -0.3 is 15.2 Å². The molecule has 1 amide bonds. The lowest BCUT2D eigenvalue weighted by molar-refractivity contribution is -0.274. The second kappa shape index (κ2) is 9.07. The molecule has 0 atom stereocenters. The number of para-hydroxylation sites is 1. The molecular weight excluding hydrogens is 365 g/mol. The van der Waals surface area contributed by atoms with Crippen molar-refractivity contribution in [3.63, 3.8) is 0 Å². The number of aliphatic carboxylic acids is 1. The second-order valence-electron chi connectivity index (χ2n) is 6.50. The number of likely N-dealkylation sites (N-methyl/N-ethyl adjacent to an activating group) is 1. The minimum absolute atomic E-state index is 0.0299. The maximum atomic E-state index is 12.4. The van der Waals surface area contributed by atoms with Gasteiger partial charge in [0.15, 0.2) is 0 Å². The first-order valence-electron chi connectivity index (χ1n) is 8.76. The van der Waals surface area contributed by atoms with Crippen molar-refractivity contribution in [3.05, 3.63) is 29.8 Å². The topological polar surface area (TPSA) is 78.9 Å². The largest absolute Gasteiger partial charge is 0.573 e. The predicted molar refractivity (Wildman–Crippen MR) is 91.3 cm³/mol. The molecule has 0 unspecified atom stereocenters. The Balaban J connectivity index is 1.77. The molecule has 0 bridgehead atoms. The van der Waals surface area contributed by atoms with Crippen molar-refractivity contribution >= 4 is 11.9 Å². The van der Waals surface area contributed by atoms with Crippen LogP contribution in [0.1, 0.15) is 31.7 Å². The number of hydrogen-bond acceptors (Lipinski definition) is 4. The molecule has 1 fully saturated rings. The number of rotatable bonds is 9. The summed E-state index contributed by atoms with van der Waals surface area (Å²) in [5.74, 6) is -1.43. The van der Waals surface area contributed by atoms with Gasteiger partial charge in [-0.15, -0.1) is 13.2 Å². The first-order chi connectivity index (χ1) is 12.7. The van der Waals surface area contributed by atoms with Crippen LogP contribution in [0.5, 0.6) is 5.75 Å². The molecule has 9 heteroatoms. The van der Waals surface area contributed by atoms with Gasteiger partial charge in [0.2, 0.25) is 5.91 Å². The number of carboxylic acids is 1. The van der Waals surface area contributed by atoms with Gasteiger partial charge >= 0.3 is 12.3 Å². The van der Waals surface area contributed by atoms with Crippen molar-refractivity contribution in [2.24, 2.45) is 0 Å². The molecule has 0 heterocycles. The van der Waals surface area contributed by atoms with Crippen LogP contribution >= 0.6 is 0 Å². The maximum absolute atomic E-state index is 12.4. The maximum Gasteiger partial charge on any atom is 0.573 e. The number of carboxylic acid groups (broad SMARTS) is 1. The number of aryl methyl sites for hydroxylation is 1. The first-order valence-corrected chi connectivity index (χ1v) is 8.76. The van der Waals surface area contributed by atoms with E-state index in [4.69, 9.17) is 5.11 Å². The number of ether oxygens (including phenoxy) is 1. The van der Waals surface area contributed by atoms with Gasteiger partial charge in [0.1, 0.15) is 5.75 Å². The van der Waals surface area contributed by atoms with E-state index in [1.54, 1.807) is 6.07 Å². The number of hydrogen-bond donors (Lipinski definition) is 2. The van der Waals surface area contributed by atoms with Crippen LogP contribution in [0.2, 0.25) is 0 Å². The molecule has 0 radical (unpaired) electrons. The number of nitrogens with zero attached hydrogens (tertiary/aromatic N) is 1. The Morgan fingerprint density at radius 2 is 1.96 bits per heavy atom. The summed E-state index contributed by atoms with van der Waals surface area (Å²) in [6.07, 6.45) is -3.26.